The number of hydrazone groups is 1. The summed E-state index contributed by atoms with van der Waals surface area (Å²) >= 11 is 0. The van der Waals surface area contributed by atoms with E-state index in [0.717, 1.165) is 17.1 Å². The Morgan fingerprint density at radius 2 is 2.25 bits per heavy atom. The number of hydrogen-bond donors (Lipinski definition) is 1. The van der Waals surface area contributed by atoms with E-state index in [9.17, 15) is 4.79 Å². The number of fused-ring (bicyclic) bond motifs is 1. The minimum absolute atomic E-state index is 0.256. The van der Waals surface area contributed by atoms with Crippen LogP contribution in [0.15, 0.2) is 29.4 Å². The molecular formula is C14H16N2O4. The number of hydrogen-bond acceptors (Lipinski definition) is 5. The molecule has 0 saturated heterocycles. The molecule has 0 saturated carbocycles. The molecule has 0 spiro atoms. The Morgan fingerprint density at radius 1 is 1.45 bits per heavy atom. The van der Waals surface area contributed by atoms with Crippen LogP contribution >= 0.6 is 0 Å². The summed E-state index contributed by atoms with van der Waals surface area (Å²) in [5.74, 6) is 1.47. The SMILES string of the molecule is CCOC(=O)N/N=C(C)/C=C/c1ccc2c(c1)OCO2. The summed E-state index contributed by atoms with van der Waals surface area (Å²) in [6.07, 6.45) is 3.08. The van der Waals surface area contributed by atoms with E-state index in [0.29, 0.717) is 12.3 Å². The van der Waals surface area contributed by atoms with Crippen LogP contribution in [0, 0.1) is 0 Å². The first kappa shape index (κ1) is 13.9. The molecule has 0 atom stereocenters. The third-order valence-electron chi connectivity index (χ3n) is 2.51. The molecule has 0 radical (unpaired) electrons. The number of nitrogens with zero attached hydrogens (tertiary/aromatic N) is 1. The van der Waals surface area contributed by atoms with Crippen molar-refractivity contribution in [3.63, 3.8) is 0 Å². The van der Waals surface area contributed by atoms with Gasteiger partial charge in [-0.3, -0.25) is 0 Å². The smallest absolute Gasteiger partial charge is 0.427 e. The van der Waals surface area contributed by atoms with Crippen LogP contribution < -0.4 is 14.9 Å². The molecule has 1 heterocycles. The Bertz CT molecular complexity index is 552. The number of rotatable bonds is 4. The molecule has 0 unspecified atom stereocenters. The van der Waals surface area contributed by atoms with Gasteiger partial charge in [0.15, 0.2) is 11.5 Å². The van der Waals surface area contributed by atoms with Crippen molar-refractivity contribution in [2.45, 2.75) is 13.8 Å². The monoisotopic (exact) mass is 276 g/mol. The summed E-state index contributed by atoms with van der Waals surface area (Å²) in [6.45, 7) is 4.07. The van der Waals surface area contributed by atoms with Crippen LogP contribution in [0.5, 0.6) is 11.5 Å². The molecule has 0 aliphatic carbocycles. The minimum atomic E-state index is -0.566. The number of ether oxygens (including phenoxy) is 3. The number of carbonyl (C=O) groups excluding carboxylic acids is 1. The third-order valence-corrected chi connectivity index (χ3v) is 2.51. The van der Waals surface area contributed by atoms with E-state index in [4.69, 9.17) is 14.2 Å². The van der Waals surface area contributed by atoms with Gasteiger partial charge >= 0.3 is 6.09 Å². The van der Waals surface area contributed by atoms with Crippen LogP contribution in [0.2, 0.25) is 0 Å². The predicted octanol–water partition coefficient (Wildman–Crippen LogP) is 2.55. The van der Waals surface area contributed by atoms with Crippen LogP contribution in [-0.2, 0) is 4.74 Å². The highest BCUT2D eigenvalue weighted by Crippen LogP contribution is 2.32. The van der Waals surface area contributed by atoms with Crippen molar-refractivity contribution in [2.24, 2.45) is 5.10 Å². The topological polar surface area (TPSA) is 69.2 Å². The summed E-state index contributed by atoms with van der Waals surface area (Å²) in [6, 6.07) is 5.65. The summed E-state index contributed by atoms with van der Waals surface area (Å²) in [7, 11) is 0. The number of amides is 1. The highest BCUT2D eigenvalue weighted by molar-refractivity contribution is 5.96. The lowest BCUT2D eigenvalue weighted by Gasteiger charge is -2.00. The number of allylic oxidation sites excluding steroid dienone is 1. The van der Waals surface area contributed by atoms with Gasteiger partial charge < -0.3 is 14.2 Å². The zero-order valence-corrected chi connectivity index (χ0v) is 11.4. The second-order valence-electron chi connectivity index (χ2n) is 4.03. The van der Waals surface area contributed by atoms with E-state index in [-0.39, 0.29) is 6.79 Å². The van der Waals surface area contributed by atoms with Crippen LogP contribution in [0.25, 0.3) is 6.08 Å². The van der Waals surface area contributed by atoms with Gasteiger partial charge in [-0.25, -0.2) is 10.2 Å². The normalized spacial score (nSPS) is 13.6. The molecule has 0 fully saturated rings. The number of nitrogens with one attached hydrogen (secondary N) is 1. The summed E-state index contributed by atoms with van der Waals surface area (Å²) < 4.78 is 15.2. The van der Waals surface area contributed by atoms with Gasteiger partial charge in [-0.05, 0) is 37.6 Å². The van der Waals surface area contributed by atoms with Crippen LogP contribution in [0.3, 0.4) is 0 Å². The van der Waals surface area contributed by atoms with Gasteiger partial charge in [0.25, 0.3) is 0 Å². The van der Waals surface area contributed by atoms with E-state index >= 15 is 0 Å². The average Bonchev–Trinajstić information content (AvgIpc) is 2.90. The van der Waals surface area contributed by atoms with Gasteiger partial charge in [0.1, 0.15) is 0 Å². The highest BCUT2D eigenvalue weighted by Gasteiger charge is 2.12. The zero-order valence-electron chi connectivity index (χ0n) is 11.4. The maximum absolute atomic E-state index is 11.1. The highest BCUT2D eigenvalue weighted by atomic mass is 16.7. The first-order valence-electron chi connectivity index (χ1n) is 6.24. The molecule has 6 heteroatoms. The molecule has 1 aliphatic heterocycles. The Hall–Kier alpha value is -2.50. The Labute approximate surface area is 117 Å². The molecule has 2 rings (SSSR count). The Balaban J connectivity index is 1.95. The van der Waals surface area contributed by atoms with E-state index in [2.05, 4.69) is 10.5 Å². The molecule has 1 aromatic rings. The van der Waals surface area contributed by atoms with E-state index in [1.165, 1.54) is 0 Å². The fraction of sp³-hybridized carbons (Fsp3) is 0.286. The second-order valence-corrected chi connectivity index (χ2v) is 4.03. The zero-order chi connectivity index (χ0) is 14.4. The third kappa shape index (κ3) is 3.74. The largest absolute Gasteiger partial charge is 0.454 e. The van der Waals surface area contributed by atoms with E-state index in [1.807, 2.05) is 24.3 Å². The van der Waals surface area contributed by atoms with Crippen molar-refractivity contribution >= 4 is 17.9 Å². The molecule has 20 heavy (non-hydrogen) atoms. The maximum Gasteiger partial charge on any atom is 0.427 e. The lowest BCUT2D eigenvalue weighted by molar-refractivity contribution is 0.152. The molecule has 1 amide bonds. The minimum Gasteiger partial charge on any atom is -0.454 e. The average molecular weight is 276 g/mol. The van der Waals surface area contributed by atoms with Gasteiger partial charge in [0.05, 0.1) is 12.3 Å². The van der Waals surface area contributed by atoms with Crippen molar-refractivity contribution in [1.82, 2.24) is 5.43 Å². The fourth-order valence-corrected chi connectivity index (χ4v) is 1.57. The van der Waals surface area contributed by atoms with Gasteiger partial charge in [0, 0.05) is 0 Å². The molecule has 106 valence electrons. The van der Waals surface area contributed by atoms with Crippen LogP contribution in [0.4, 0.5) is 4.79 Å². The van der Waals surface area contributed by atoms with E-state index < -0.39 is 6.09 Å². The number of carbonyl (C=O) groups is 1. The van der Waals surface area contributed by atoms with Gasteiger partial charge in [-0.1, -0.05) is 12.1 Å². The molecule has 1 aromatic carbocycles. The summed E-state index contributed by atoms with van der Waals surface area (Å²) in [5.41, 5.74) is 3.90. The molecule has 6 nitrogen and oxygen atoms in total. The van der Waals surface area contributed by atoms with Crippen molar-refractivity contribution in [3.8, 4) is 11.5 Å². The molecular weight excluding hydrogens is 260 g/mol. The van der Waals surface area contributed by atoms with Crippen LogP contribution in [-0.4, -0.2) is 25.2 Å². The van der Waals surface area contributed by atoms with E-state index in [1.54, 1.807) is 19.9 Å². The van der Waals surface area contributed by atoms with Crippen molar-refractivity contribution in [3.05, 3.63) is 29.8 Å². The van der Waals surface area contributed by atoms with Crippen molar-refractivity contribution in [1.29, 1.82) is 0 Å². The molecule has 1 aliphatic rings. The van der Waals surface area contributed by atoms with Gasteiger partial charge in [-0.15, -0.1) is 0 Å². The fourth-order valence-electron chi connectivity index (χ4n) is 1.57. The second kappa shape index (κ2) is 6.60. The lowest BCUT2D eigenvalue weighted by Crippen LogP contribution is -2.19. The van der Waals surface area contributed by atoms with Gasteiger partial charge in [0.2, 0.25) is 6.79 Å². The summed E-state index contributed by atoms with van der Waals surface area (Å²) in [5, 5.41) is 3.88. The first-order chi connectivity index (χ1) is 9.69. The molecule has 1 N–H and O–H groups in total. The predicted molar refractivity (Wildman–Crippen MR) is 74.9 cm³/mol. The molecule has 0 aromatic heterocycles. The first-order valence-corrected chi connectivity index (χ1v) is 6.24. The maximum atomic E-state index is 11.1. The molecule has 0 bridgehead atoms. The summed E-state index contributed by atoms with van der Waals surface area (Å²) in [4.78, 5) is 11.1. The van der Waals surface area contributed by atoms with Gasteiger partial charge in [-0.2, -0.15) is 5.10 Å². The Kier molecular flexibility index (Phi) is 4.60. The lowest BCUT2D eigenvalue weighted by atomic mass is 10.2. The quantitative estimate of drug-likeness (QED) is 0.677. The van der Waals surface area contributed by atoms with Crippen LogP contribution in [0.1, 0.15) is 19.4 Å². The van der Waals surface area contributed by atoms with Crippen molar-refractivity contribution < 1.29 is 19.0 Å². The number of benzene rings is 1. The standard InChI is InChI=1S/C14H16N2O4/c1-3-18-14(17)16-15-10(2)4-5-11-6-7-12-13(8-11)20-9-19-12/h4-8H,3,9H2,1-2H3,(H,16,17)/b5-4+,15-10+. The Morgan fingerprint density at radius 3 is 3.05 bits per heavy atom. The van der Waals surface area contributed by atoms with Crippen molar-refractivity contribution in [2.75, 3.05) is 13.4 Å².